The fraction of sp³-hybridized carbons (Fsp3) is 0.188. The SMILES string of the molecule is CN(C)c1ccccc1NC(=O)c1ccc(C#CCN)s1. The van der Waals surface area contributed by atoms with Gasteiger partial charge in [-0.1, -0.05) is 24.0 Å². The van der Waals surface area contributed by atoms with Crippen molar-refractivity contribution < 1.29 is 4.79 Å². The molecule has 0 atom stereocenters. The Bertz CT molecular complexity index is 695. The van der Waals surface area contributed by atoms with Crippen LogP contribution in [0.25, 0.3) is 0 Å². The first-order valence-corrected chi connectivity index (χ1v) is 7.30. The molecular formula is C16H17N3OS. The van der Waals surface area contributed by atoms with Gasteiger partial charge in [-0.05, 0) is 24.3 Å². The molecule has 0 saturated carbocycles. The molecule has 1 heterocycles. The molecule has 0 bridgehead atoms. The van der Waals surface area contributed by atoms with Crippen LogP contribution in [0.5, 0.6) is 0 Å². The zero-order chi connectivity index (χ0) is 15.2. The van der Waals surface area contributed by atoms with Crippen molar-refractivity contribution in [2.24, 2.45) is 5.73 Å². The second kappa shape index (κ2) is 6.93. The molecule has 0 fully saturated rings. The largest absolute Gasteiger partial charge is 0.376 e. The molecule has 0 aliphatic carbocycles. The number of rotatable bonds is 3. The Hall–Kier alpha value is -2.29. The number of nitrogens with two attached hydrogens (primary N) is 1. The summed E-state index contributed by atoms with van der Waals surface area (Å²) in [5, 5.41) is 2.93. The summed E-state index contributed by atoms with van der Waals surface area (Å²) in [5.74, 6) is 5.58. The summed E-state index contributed by atoms with van der Waals surface area (Å²) in [7, 11) is 3.88. The van der Waals surface area contributed by atoms with E-state index in [1.165, 1.54) is 11.3 Å². The van der Waals surface area contributed by atoms with Crippen LogP contribution in [0.15, 0.2) is 36.4 Å². The summed E-state index contributed by atoms with van der Waals surface area (Å²) in [6.07, 6.45) is 0. The van der Waals surface area contributed by atoms with E-state index in [4.69, 9.17) is 5.73 Å². The van der Waals surface area contributed by atoms with E-state index in [0.717, 1.165) is 16.3 Å². The van der Waals surface area contributed by atoms with E-state index in [1.54, 1.807) is 6.07 Å². The number of nitrogens with zero attached hydrogens (tertiary/aromatic N) is 1. The van der Waals surface area contributed by atoms with Crippen LogP contribution in [-0.2, 0) is 0 Å². The molecule has 5 heteroatoms. The molecule has 21 heavy (non-hydrogen) atoms. The molecule has 0 radical (unpaired) electrons. The van der Waals surface area contributed by atoms with E-state index < -0.39 is 0 Å². The van der Waals surface area contributed by atoms with Crippen LogP contribution in [0.2, 0.25) is 0 Å². The summed E-state index contributed by atoms with van der Waals surface area (Å²) >= 11 is 1.36. The van der Waals surface area contributed by atoms with Crippen molar-refractivity contribution in [3.63, 3.8) is 0 Å². The van der Waals surface area contributed by atoms with Crippen LogP contribution in [-0.4, -0.2) is 26.5 Å². The summed E-state index contributed by atoms with van der Waals surface area (Å²) < 4.78 is 0. The molecule has 3 N–H and O–H groups in total. The van der Waals surface area contributed by atoms with Crippen molar-refractivity contribution in [2.75, 3.05) is 30.9 Å². The van der Waals surface area contributed by atoms with E-state index in [9.17, 15) is 4.79 Å². The number of anilines is 2. The molecule has 4 nitrogen and oxygen atoms in total. The highest BCUT2D eigenvalue weighted by Gasteiger charge is 2.11. The Balaban J connectivity index is 2.17. The molecule has 2 aromatic rings. The Morgan fingerprint density at radius 3 is 2.76 bits per heavy atom. The van der Waals surface area contributed by atoms with Crippen molar-refractivity contribution in [3.05, 3.63) is 46.2 Å². The summed E-state index contributed by atoms with van der Waals surface area (Å²) in [4.78, 5) is 15.7. The quantitative estimate of drug-likeness (QED) is 0.856. The van der Waals surface area contributed by atoms with Gasteiger partial charge in [-0.25, -0.2) is 0 Å². The molecule has 0 aliphatic rings. The molecule has 108 valence electrons. The molecule has 0 unspecified atom stereocenters. The lowest BCUT2D eigenvalue weighted by molar-refractivity contribution is 0.103. The first kappa shape index (κ1) is 15.1. The average molecular weight is 299 g/mol. The second-order valence-corrected chi connectivity index (χ2v) is 5.62. The average Bonchev–Trinajstić information content (AvgIpc) is 2.94. The highest BCUT2D eigenvalue weighted by molar-refractivity contribution is 7.14. The van der Waals surface area contributed by atoms with Gasteiger partial charge in [-0.2, -0.15) is 0 Å². The first-order chi connectivity index (χ1) is 10.1. The zero-order valence-electron chi connectivity index (χ0n) is 12.0. The number of carbonyl (C=O) groups is 1. The van der Waals surface area contributed by atoms with Gasteiger partial charge in [0.05, 0.1) is 27.7 Å². The molecule has 0 saturated heterocycles. The molecule has 1 aromatic heterocycles. The minimum Gasteiger partial charge on any atom is -0.376 e. The molecule has 2 rings (SSSR count). The van der Waals surface area contributed by atoms with Crippen LogP contribution in [0.4, 0.5) is 11.4 Å². The highest BCUT2D eigenvalue weighted by atomic mass is 32.1. The predicted molar refractivity (Wildman–Crippen MR) is 89.0 cm³/mol. The van der Waals surface area contributed by atoms with Gasteiger partial charge in [0.2, 0.25) is 0 Å². The van der Waals surface area contributed by atoms with E-state index >= 15 is 0 Å². The van der Waals surface area contributed by atoms with Gasteiger partial charge < -0.3 is 16.0 Å². The third-order valence-electron chi connectivity index (χ3n) is 2.78. The molecule has 1 aromatic carbocycles. The van der Waals surface area contributed by atoms with Crippen LogP contribution in [0.3, 0.4) is 0 Å². The minimum absolute atomic E-state index is 0.130. The fourth-order valence-electron chi connectivity index (χ4n) is 1.82. The molecule has 1 amide bonds. The Labute approximate surface area is 128 Å². The number of hydrogen-bond acceptors (Lipinski definition) is 4. The summed E-state index contributed by atoms with van der Waals surface area (Å²) in [5.41, 5.74) is 7.09. The molecule has 0 aliphatic heterocycles. The van der Waals surface area contributed by atoms with Gasteiger partial charge in [-0.15, -0.1) is 11.3 Å². The zero-order valence-corrected chi connectivity index (χ0v) is 12.8. The normalized spacial score (nSPS) is 9.67. The molecular weight excluding hydrogens is 282 g/mol. The summed E-state index contributed by atoms with van der Waals surface area (Å²) in [6, 6.07) is 11.3. The maximum atomic E-state index is 12.3. The Morgan fingerprint density at radius 2 is 2.05 bits per heavy atom. The standard InChI is InChI=1S/C16H17N3OS/c1-19(2)14-8-4-3-7-13(14)18-16(20)15-10-9-12(21-15)6-5-11-17/h3-4,7-10H,11,17H2,1-2H3,(H,18,20). The van der Waals surface area contributed by atoms with E-state index in [-0.39, 0.29) is 5.91 Å². The maximum absolute atomic E-state index is 12.3. The fourth-order valence-corrected chi connectivity index (χ4v) is 2.59. The number of para-hydroxylation sites is 2. The Morgan fingerprint density at radius 1 is 1.29 bits per heavy atom. The summed E-state index contributed by atoms with van der Waals surface area (Å²) in [6.45, 7) is 0.315. The van der Waals surface area contributed by atoms with E-state index in [0.29, 0.717) is 11.4 Å². The lowest BCUT2D eigenvalue weighted by Gasteiger charge is -2.17. The Kier molecular flexibility index (Phi) is 4.99. The minimum atomic E-state index is -0.130. The predicted octanol–water partition coefficient (Wildman–Crippen LogP) is 2.38. The number of nitrogens with one attached hydrogen (secondary N) is 1. The smallest absolute Gasteiger partial charge is 0.265 e. The van der Waals surface area contributed by atoms with Gasteiger partial charge in [0.25, 0.3) is 5.91 Å². The van der Waals surface area contributed by atoms with Crippen LogP contribution >= 0.6 is 11.3 Å². The van der Waals surface area contributed by atoms with Crippen molar-refractivity contribution >= 4 is 28.6 Å². The number of carbonyl (C=O) groups excluding carboxylic acids is 1. The highest BCUT2D eigenvalue weighted by Crippen LogP contribution is 2.25. The van der Waals surface area contributed by atoms with Crippen LogP contribution in [0.1, 0.15) is 14.5 Å². The monoisotopic (exact) mass is 299 g/mol. The van der Waals surface area contributed by atoms with Crippen LogP contribution < -0.4 is 16.0 Å². The number of amides is 1. The first-order valence-electron chi connectivity index (χ1n) is 6.48. The van der Waals surface area contributed by atoms with Gasteiger partial charge in [-0.3, -0.25) is 4.79 Å². The van der Waals surface area contributed by atoms with E-state index in [2.05, 4.69) is 17.2 Å². The van der Waals surface area contributed by atoms with Gasteiger partial charge in [0.1, 0.15) is 0 Å². The molecule has 0 spiro atoms. The third kappa shape index (κ3) is 3.85. The topological polar surface area (TPSA) is 58.4 Å². The lowest BCUT2D eigenvalue weighted by atomic mass is 10.2. The van der Waals surface area contributed by atoms with Crippen molar-refractivity contribution in [1.82, 2.24) is 0 Å². The number of benzene rings is 1. The van der Waals surface area contributed by atoms with Crippen molar-refractivity contribution in [3.8, 4) is 11.8 Å². The second-order valence-electron chi connectivity index (χ2n) is 4.54. The maximum Gasteiger partial charge on any atom is 0.265 e. The number of hydrogen-bond donors (Lipinski definition) is 2. The number of thiophene rings is 1. The third-order valence-corrected chi connectivity index (χ3v) is 3.78. The lowest BCUT2D eigenvalue weighted by Crippen LogP contribution is -2.15. The van der Waals surface area contributed by atoms with Crippen molar-refractivity contribution in [2.45, 2.75) is 0 Å². The van der Waals surface area contributed by atoms with E-state index in [1.807, 2.05) is 49.3 Å². The van der Waals surface area contributed by atoms with Gasteiger partial charge >= 0.3 is 0 Å². The van der Waals surface area contributed by atoms with Crippen LogP contribution in [0, 0.1) is 11.8 Å². The van der Waals surface area contributed by atoms with Gasteiger partial charge in [0, 0.05) is 14.1 Å². The van der Waals surface area contributed by atoms with Crippen molar-refractivity contribution in [1.29, 1.82) is 0 Å². The van der Waals surface area contributed by atoms with Gasteiger partial charge in [0.15, 0.2) is 0 Å².